The van der Waals surface area contributed by atoms with Crippen LogP contribution in [0.4, 0.5) is 11.4 Å². The first-order valence-electron chi connectivity index (χ1n) is 6.12. The molecule has 0 bridgehead atoms. The van der Waals surface area contributed by atoms with E-state index in [0.717, 1.165) is 4.90 Å². The highest BCUT2D eigenvalue weighted by Gasteiger charge is 2.20. The minimum atomic E-state index is -1.11. The average Bonchev–Trinajstić information content (AvgIpc) is 2.45. The highest BCUT2D eigenvalue weighted by molar-refractivity contribution is 6.30. The Morgan fingerprint density at radius 3 is 2.38 bits per heavy atom. The minimum absolute atomic E-state index is 0.325. The number of nitrogens with zero attached hydrogens (tertiary/aromatic N) is 1. The van der Waals surface area contributed by atoms with Crippen LogP contribution >= 0.6 is 11.6 Å². The molecule has 0 aromatic heterocycles. The molecule has 2 rings (SSSR count). The number of benzene rings is 2. The molecule has 0 aliphatic rings. The van der Waals surface area contributed by atoms with Crippen molar-refractivity contribution in [2.24, 2.45) is 0 Å². The number of nitrogens with two attached hydrogens (primary N) is 1. The molecule has 21 heavy (non-hydrogen) atoms. The Morgan fingerprint density at radius 1 is 1.14 bits per heavy atom. The summed E-state index contributed by atoms with van der Waals surface area (Å²) in [5.74, 6) is -1.55. The quantitative estimate of drug-likeness (QED) is 0.851. The van der Waals surface area contributed by atoms with Crippen molar-refractivity contribution in [3.8, 4) is 0 Å². The molecule has 0 spiro atoms. The number of hydrogen-bond acceptors (Lipinski definition) is 3. The fourth-order valence-corrected chi connectivity index (χ4v) is 1.99. The van der Waals surface area contributed by atoms with E-state index >= 15 is 0 Å². The fourth-order valence-electron chi connectivity index (χ4n) is 1.86. The number of aliphatic carboxylic acids is 1. The first kappa shape index (κ1) is 14.9. The van der Waals surface area contributed by atoms with E-state index in [4.69, 9.17) is 22.4 Å². The van der Waals surface area contributed by atoms with E-state index in [2.05, 4.69) is 0 Å². The molecule has 0 radical (unpaired) electrons. The maximum Gasteiger partial charge on any atom is 0.323 e. The van der Waals surface area contributed by atoms with Crippen LogP contribution in [0.5, 0.6) is 0 Å². The van der Waals surface area contributed by atoms with Crippen LogP contribution in [0.15, 0.2) is 48.5 Å². The summed E-state index contributed by atoms with van der Waals surface area (Å²) in [4.78, 5) is 24.7. The van der Waals surface area contributed by atoms with Crippen molar-refractivity contribution in [1.29, 1.82) is 0 Å². The zero-order valence-corrected chi connectivity index (χ0v) is 11.7. The molecule has 0 saturated carbocycles. The topological polar surface area (TPSA) is 83.6 Å². The molecule has 1 amide bonds. The van der Waals surface area contributed by atoms with Gasteiger partial charge in [0.2, 0.25) is 0 Å². The lowest BCUT2D eigenvalue weighted by molar-refractivity contribution is -0.135. The summed E-state index contributed by atoms with van der Waals surface area (Å²) in [6, 6.07) is 12.8. The first-order chi connectivity index (χ1) is 9.97. The van der Waals surface area contributed by atoms with E-state index in [1.807, 2.05) is 0 Å². The molecule has 5 nitrogen and oxygen atoms in total. The van der Waals surface area contributed by atoms with E-state index in [-0.39, 0.29) is 0 Å². The summed E-state index contributed by atoms with van der Waals surface area (Å²) >= 11 is 5.80. The Balaban J connectivity index is 2.38. The molecule has 0 unspecified atom stereocenters. The van der Waals surface area contributed by atoms with E-state index in [9.17, 15) is 9.59 Å². The number of carbonyl (C=O) groups excluding carboxylic acids is 1. The van der Waals surface area contributed by atoms with Crippen molar-refractivity contribution in [3.63, 3.8) is 0 Å². The summed E-state index contributed by atoms with van der Waals surface area (Å²) in [7, 11) is 0. The van der Waals surface area contributed by atoms with Crippen molar-refractivity contribution in [2.75, 3.05) is 17.2 Å². The largest absolute Gasteiger partial charge is 0.480 e. The van der Waals surface area contributed by atoms with Crippen LogP contribution < -0.4 is 10.6 Å². The van der Waals surface area contributed by atoms with E-state index in [1.165, 1.54) is 6.07 Å². The molecule has 0 aliphatic carbocycles. The van der Waals surface area contributed by atoms with Gasteiger partial charge in [-0.25, -0.2) is 0 Å². The van der Waals surface area contributed by atoms with Gasteiger partial charge in [-0.2, -0.15) is 0 Å². The normalized spacial score (nSPS) is 10.1. The molecule has 2 aromatic carbocycles. The first-order valence-corrected chi connectivity index (χ1v) is 6.50. The van der Waals surface area contributed by atoms with Crippen LogP contribution in [0, 0.1) is 0 Å². The van der Waals surface area contributed by atoms with Crippen molar-refractivity contribution in [1.82, 2.24) is 0 Å². The summed E-state index contributed by atoms with van der Waals surface area (Å²) in [5.41, 5.74) is 6.87. The zero-order chi connectivity index (χ0) is 15.4. The van der Waals surface area contributed by atoms with Gasteiger partial charge in [-0.15, -0.1) is 0 Å². The number of amides is 1. The maximum absolute atomic E-state index is 12.5. The second-order valence-electron chi connectivity index (χ2n) is 4.39. The Morgan fingerprint density at radius 2 is 1.81 bits per heavy atom. The summed E-state index contributed by atoms with van der Waals surface area (Å²) in [6.07, 6.45) is 0. The molecule has 0 fully saturated rings. The minimum Gasteiger partial charge on any atom is -0.480 e. The second kappa shape index (κ2) is 6.28. The third kappa shape index (κ3) is 3.73. The van der Waals surface area contributed by atoms with Gasteiger partial charge < -0.3 is 10.8 Å². The molecule has 6 heteroatoms. The Hall–Kier alpha value is -2.53. The predicted molar refractivity (Wildman–Crippen MR) is 81.6 cm³/mol. The molecule has 0 heterocycles. The highest BCUT2D eigenvalue weighted by atomic mass is 35.5. The monoisotopic (exact) mass is 304 g/mol. The fraction of sp³-hybridized carbons (Fsp3) is 0.0667. The van der Waals surface area contributed by atoms with Crippen LogP contribution in [0.2, 0.25) is 5.02 Å². The SMILES string of the molecule is Nc1cccc(C(=O)N(CC(=O)O)c2ccc(Cl)cc2)c1. The predicted octanol–water partition coefficient (Wildman–Crippen LogP) is 2.65. The number of hydrogen-bond donors (Lipinski definition) is 2. The van der Waals surface area contributed by atoms with Crippen LogP contribution in [-0.4, -0.2) is 23.5 Å². The number of carboxylic acids is 1. The molecular weight excluding hydrogens is 292 g/mol. The molecule has 2 aromatic rings. The number of carboxylic acid groups (broad SMARTS) is 1. The van der Waals surface area contributed by atoms with Gasteiger partial charge in [-0.3, -0.25) is 14.5 Å². The Labute approximate surface area is 126 Å². The molecule has 0 aliphatic heterocycles. The van der Waals surface area contributed by atoms with E-state index in [1.54, 1.807) is 42.5 Å². The van der Waals surface area contributed by atoms with Gasteiger partial charge in [0.05, 0.1) is 0 Å². The summed E-state index contributed by atoms with van der Waals surface area (Å²) < 4.78 is 0. The summed E-state index contributed by atoms with van der Waals surface area (Å²) in [6.45, 7) is -0.449. The smallest absolute Gasteiger partial charge is 0.323 e. The molecule has 108 valence electrons. The zero-order valence-electron chi connectivity index (χ0n) is 11.0. The number of carbonyl (C=O) groups is 2. The van der Waals surface area contributed by atoms with Crippen molar-refractivity contribution in [2.45, 2.75) is 0 Å². The lowest BCUT2D eigenvalue weighted by Crippen LogP contribution is -2.35. The Kier molecular flexibility index (Phi) is 4.45. The molecular formula is C15H13ClN2O3. The van der Waals surface area contributed by atoms with Gasteiger partial charge >= 0.3 is 5.97 Å². The van der Waals surface area contributed by atoms with Gasteiger partial charge in [0.25, 0.3) is 5.91 Å². The van der Waals surface area contributed by atoms with Gasteiger partial charge in [0, 0.05) is 22.0 Å². The molecule has 0 saturated heterocycles. The number of anilines is 2. The second-order valence-corrected chi connectivity index (χ2v) is 4.82. The van der Waals surface area contributed by atoms with Gasteiger partial charge in [-0.05, 0) is 42.5 Å². The van der Waals surface area contributed by atoms with Gasteiger partial charge in [0.15, 0.2) is 0 Å². The van der Waals surface area contributed by atoms with Crippen molar-refractivity contribution >= 4 is 34.9 Å². The standard InChI is InChI=1S/C15H13ClN2O3/c16-11-4-6-13(7-5-11)18(9-14(19)20)15(21)10-2-1-3-12(17)8-10/h1-8H,9,17H2,(H,19,20). The molecule has 3 N–H and O–H groups in total. The number of halogens is 1. The van der Waals surface area contributed by atoms with Gasteiger partial charge in [0.1, 0.15) is 6.54 Å². The van der Waals surface area contributed by atoms with E-state index in [0.29, 0.717) is 22.0 Å². The van der Waals surface area contributed by atoms with E-state index < -0.39 is 18.4 Å². The average molecular weight is 305 g/mol. The van der Waals surface area contributed by atoms with Crippen molar-refractivity contribution in [3.05, 3.63) is 59.1 Å². The third-order valence-electron chi connectivity index (χ3n) is 2.81. The number of nitrogen functional groups attached to an aromatic ring is 1. The number of rotatable bonds is 4. The van der Waals surface area contributed by atoms with Crippen LogP contribution in [-0.2, 0) is 4.79 Å². The highest BCUT2D eigenvalue weighted by Crippen LogP contribution is 2.20. The summed E-state index contributed by atoms with van der Waals surface area (Å²) in [5, 5.41) is 9.51. The lowest BCUT2D eigenvalue weighted by atomic mass is 10.1. The third-order valence-corrected chi connectivity index (χ3v) is 3.06. The van der Waals surface area contributed by atoms with Gasteiger partial charge in [-0.1, -0.05) is 17.7 Å². The van der Waals surface area contributed by atoms with Crippen LogP contribution in [0.1, 0.15) is 10.4 Å². The Bertz CT molecular complexity index is 671. The maximum atomic E-state index is 12.5. The molecule has 0 atom stereocenters. The lowest BCUT2D eigenvalue weighted by Gasteiger charge is -2.21. The van der Waals surface area contributed by atoms with Crippen molar-refractivity contribution < 1.29 is 14.7 Å². The van der Waals surface area contributed by atoms with Crippen LogP contribution in [0.3, 0.4) is 0 Å². The van der Waals surface area contributed by atoms with Crippen LogP contribution in [0.25, 0.3) is 0 Å².